The van der Waals surface area contributed by atoms with Crippen LogP contribution in [0.15, 0.2) is 15.9 Å². The normalized spacial score (nSPS) is 22.5. The molecular weight excluding hydrogens is 322 g/mol. The van der Waals surface area contributed by atoms with Crippen molar-refractivity contribution in [2.75, 3.05) is 18.1 Å². The zero-order valence-electron chi connectivity index (χ0n) is 9.43. The Kier molecular flexibility index (Phi) is 4.28. The Balaban J connectivity index is 2.10. The van der Waals surface area contributed by atoms with Crippen molar-refractivity contribution < 1.29 is 8.42 Å². The monoisotopic (exact) mass is 337 g/mol. The fourth-order valence-electron chi connectivity index (χ4n) is 2.37. The fraction of sp³-hybridized carbons (Fsp3) is 0.636. The summed E-state index contributed by atoms with van der Waals surface area (Å²) in [6.07, 6.45) is 1.50. The molecule has 1 fully saturated rings. The minimum atomic E-state index is -2.78. The molecule has 0 bridgehead atoms. The summed E-state index contributed by atoms with van der Waals surface area (Å²) in [5.41, 5.74) is 5.85. The van der Waals surface area contributed by atoms with Crippen LogP contribution in [0.4, 0.5) is 0 Å². The van der Waals surface area contributed by atoms with Gasteiger partial charge in [-0.25, -0.2) is 8.42 Å². The van der Waals surface area contributed by atoms with Crippen LogP contribution in [0.2, 0.25) is 0 Å². The highest BCUT2D eigenvalue weighted by Gasteiger charge is 2.30. The van der Waals surface area contributed by atoms with Gasteiger partial charge in [0.25, 0.3) is 0 Å². The van der Waals surface area contributed by atoms with Crippen molar-refractivity contribution in [3.63, 3.8) is 0 Å². The molecule has 1 atom stereocenters. The highest BCUT2D eigenvalue weighted by molar-refractivity contribution is 9.10. The molecular formula is C11H16BrNO2S2. The van der Waals surface area contributed by atoms with Gasteiger partial charge < -0.3 is 5.73 Å². The third-order valence-corrected chi connectivity index (χ3v) is 6.92. The molecule has 1 aromatic heterocycles. The molecule has 1 unspecified atom stereocenters. The van der Waals surface area contributed by atoms with E-state index in [0.29, 0.717) is 29.9 Å². The number of thiophene rings is 1. The van der Waals surface area contributed by atoms with E-state index in [1.807, 2.05) is 0 Å². The van der Waals surface area contributed by atoms with Crippen LogP contribution in [-0.4, -0.2) is 26.5 Å². The van der Waals surface area contributed by atoms with Gasteiger partial charge in [-0.3, -0.25) is 0 Å². The molecule has 2 N–H and O–H groups in total. The largest absolute Gasteiger partial charge is 0.330 e. The Hall–Kier alpha value is 0.0900. The number of hydrogen-bond donors (Lipinski definition) is 1. The summed E-state index contributed by atoms with van der Waals surface area (Å²) in [6, 6.07) is 2.10. The first-order valence-electron chi connectivity index (χ1n) is 5.66. The lowest BCUT2D eigenvalue weighted by Crippen LogP contribution is -2.30. The van der Waals surface area contributed by atoms with Crippen LogP contribution in [-0.2, 0) is 9.84 Å². The van der Waals surface area contributed by atoms with E-state index in [2.05, 4.69) is 27.4 Å². The second-order valence-corrected chi connectivity index (χ2v) is 8.66. The third-order valence-electron chi connectivity index (χ3n) is 3.38. The van der Waals surface area contributed by atoms with Crippen LogP contribution < -0.4 is 5.73 Å². The highest BCUT2D eigenvalue weighted by Crippen LogP contribution is 2.36. The Morgan fingerprint density at radius 3 is 2.59 bits per heavy atom. The van der Waals surface area contributed by atoms with E-state index in [1.54, 1.807) is 11.3 Å². The lowest BCUT2D eigenvalue weighted by molar-refractivity contribution is 0.393. The summed E-state index contributed by atoms with van der Waals surface area (Å²) < 4.78 is 23.9. The maximum atomic E-state index is 11.4. The molecule has 1 saturated heterocycles. The molecule has 2 rings (SSSR count). The van der Waals surface area contributed by atoms with Crippen molar-refractivity contribution in [3.8, 4) is 0 Å². The molecule has 0 aromatic carbocycles. The van der Waals surface area contributed by atoms with E-state index in [9.17, 15) is 8.42 Å². The van der Waals surface area contributed by atoms with Gasteiger partial charge in [-0.15, -0.1) is 11.3 Å². The van der Waals surface area contributed by atoms with E-state index in [0.717, 1.165) is 17.3 Å². The molecule has 96 valence electrons. The van der Waals surface area contributed by atoms with Gasteiger partial charge in [0.15, 0.2) is 0 Å². The molecule has 2 heterocycles. The van der Waals surface area contributed by atoms with Crippen LogP contribution >= 0.6 is 27.3 Å². The maximum Gasteiger partial charge on any atom is 0.150 e. The summed E-state index contributed by atoms with van der Waals surface area (Å²) in [5.74, 6) is 1.36. The average molecular weight is 338 g/mol. The first-order valence-corrected chi connectivity index (χ1v) is 9.15. The summed E-state index contributed by atoms with van der Waals surface area (Å²) in [6.45, 7) is 0.595. The number of sulfone groups is 1. The van der Waals surface area contributed by atoms with Gasteiger partial charge in [0, 0.05) is 27.2 Å². The van der Waals surface area contributed by atoms with Gasteiger partial charge in [-0.2, -0.15) is 0 Å². The van der Waals surface area contributed by atoms with E-state index in [1.165, 1.54) is 4.88 Å². The molecule has 1 aliphatic rings. The van der Waals surface area contributed by atoms with Crippen LogP contribution in [0.25, 0.3) is 0 Å². The zero-order chi connectivity index (χ0) is 12.5. The zero-order valence-corrected chi connectivity index (χ0v) is 12.7. The SMILES string of the molecule is NCC(c1cc(Br)cs1)C1CCS(=O)(=O)CC1. The number of halogens is 1. The lowest BCUT2D eigenvalue weighted by Gasteiger charge is -2.28. The van der Waals surface area contributed by atoms with E-state index < -0.39 is 9.84 Å². The molecule has 6 heteroatoms. The maximum absolute atomic E-state index is 11.4. The second kappa shape index (κ2) is 5.38. The molecule has 1 aromatic rings. The van der Waals surface area contributed by atoms with Crippen molar-refractivity contribution in [1.82, 2.24) is 0 Å². The molecule has 3 nitrogen and oxygen atoms in total. The summed E-state index contributed by atoms with van der Waals surface area (Å²) in [5, 5.41) is 2.05. The van der Waals surface area contributed by atoms with Gasteiger partial charge in [-0.05, 0) is 40.8 Å². The molecule has 1 aliphatic heterocycles. The standard InChI is InChI=1S/C11H16BrNO2S2/c12-9-5-11(16-7-9)10(6-13)8-1-3-17(14,15)4-2-8/h5,7-8,10H,1-4,6,13H2. The van der Waals surface area contributed by atoms with Crippen LogP contribution in [0.5, 0.6) is 0 Å². The Morgan fingerprint density at radius 2 is 2.12 bits per heavy atom. The van der Waals surface area contributed by atoms with E-state index >= 15 is 0 Å². The Labute approximate surface area is 114 Å². The quantitative estimate of drug-likeness (QED) is 0.920. The Morgan fingerprint density at radius 1 is 1.47 bits per heavy atom. The van der Waals surface area contributed by atoms with Gasteiger partial charge in [0.1, 0.15) is 9.84 Å². The summed E-state index contributed by atoms with van der Waals surface area (Å²) >= 11 is 5.14. The van der Waals surface area contributed by atoms with E-state index in [-0.39, 0.29) is 0 Å². The number of nitrogens with two attached hydrogens (primary N) is 1. The fourth-order valence-corrected chi connectivity index (χ4v) is 5.56. The predicted molar refractivity (Wildman–Crippen MR) is 75.2 cm³/mol. The average Bonchev–Trinajstić information content (AvgIpc) is 2.68. The smallest absolute Gasteiger partial charge is 0.150 e. The lowest BCUT2D eigenvalue weighted by atomic mass is 9.86. The predicted octanol–water partition coefficient (Wildman–Crippen LogP) is 2.38. The second-order valence-electron chi connectivity index (χ2n) is 4.50. The summed E-state index contributed by atoms with van der Waals surface area (Å²) in [7, 11) is -2.78. The minimum Gasteiger partial charge on any atom is -0.330 e. The van der Waals surface area contributed by atoms with Crippen molar-refractivity contribution in [1.29, 1.82) is 0 Å². The molecule has 0 saturated carbocycles. The number of hydrogen-bond acceptors (Lipinski definition) is 4. The van der Waals surface area contributed by atoms with Gasteiger partial charge in [0.05, 0.1) is 11.5 Å². The van der Waals surface area contributed by atoms with Crippen LogP contribution in [0.3, 0.4) is 0 Å². The Bertz CT molecular complexity index is 469. The summed E-state index contributed by atoms with van der Waals surface area (Å²) in [4.78, 5) is 1.27. The molecule has 0 amide bonds. The molecule has 0 spiro atoms. The van der Waals surface area contributed by atoms with Crippen LogP contribution in [0.1, 0.15) is 23.6 Å². The number of rotatable bonds is 3. The van der Waals surface area contributed by atoms with Gasteiger partial charge in [0.2, 0.25) is 0 Å². The molecule has 0 radical (unpaired) electrons. The van der Waals surface area contributed by atoms with Crippen LogP contribution in [0, 0.1) is 5.92 Å². The van der Waals surface area contributed by atoms with Crippen molar-refractivity contribution in [2.45, 2.75) is 18.8 Å². The molecule has 17 heavy (non-hydrogen) atoms. The minimum absolute atomic E-state index is 0.307. The van der Waals surface area contributed by atoms with E-state index in [4.69, 9.17) is 5.73 Å². The first-order chi connectivity index (χ1) is 8.02. The molecule has 0 aliphatic carbocycles. The van der Waals surface area contributed by atoms with Crippen molar-refractivity contribution >= 4 is 37.1 Å². The van der Waals surface area contributed by atoms with Gasteiger partial charge >= 0.3 is 0 Å². The van der Waals surface area contributed by atoms with Crippen molar-refractivity contribution in [3.05, 3.63) is 20.8 Å². The third kappa shape index (κ3) is 3.30. The first kappa shape index (κ1) is 13.5. The van der Waals surface area contributed by atoms with Gasteiger partial charge in [-0.1, -0.05) is 0 Å². The topological polar surface area (TPSA) is 60.2 Å². The highest BCUT2D eigenvalue weighted by atomic mass is 79.9. The van der Waals surface area contributed by atoms with Crippen molar-refractivity contribution in [2.24, 2.45) is 11.7 Å².